The smallest absolute Gasteiger partial charge is 0.387 e. The van der Waals surface area contributed by atoms with Crippen LogP contribution >= 0.6 is 0 Å². The van der Waals surface area contributed by atoms with Gasteiger partial charge in [0.25, 0.3) is 5.91 Å². The van der Waals surface area contributed by atoms with Crippen molar-refractivity contribution >= 4 is 11.6 Å². The van der Waals surface area contributed by atoms with Crippen molar-refractivity contribution in [3.8, 4) is 11.5 Å². The third kappa shape index (κ3) is 3.86. The number of para-hydroxylation sites is 1. The molecule has 1 amide bonds. The van der Waals surface area contributed by atoms with Crippen molar-refractivity contribution in [2.24, 2.45) is 0 Å². The molecule has 0 fully saturated rings. The Kier molecular flexibility index (Phi) is 5.59. The first-order valence-corrected chi connectivity index (χ1v) is 8.54. The van der Waals surface area contributed by atoms with Crippen LogP contribution in [0, 0.1) is 0 Å². The lowest BCUT2D eigenvalue weighted by molar-refractivity contribution is -0.0514. The van der Waals surface area contributed by atoms with Gasteiger partial charge in [-0.1, -0.05) is 24.3 Å². The van der Waals surface area contributed by atoms with Crippen molar-refractivity contribution < 1.29 is 23.0 Å². The summed E-state index contributed by atoms with van der Waals surface area (Å²) in [5.74, 6) is 0.00971. The average Bonchev–Trinajstić information content (AvgIpc) is 2.65. The molecular formula is C20H20F2N2O3. The van der Waals surface area contributed by atoms with Gasteiger partial charge in [-0.05, 0) is 36.8 Å². The number of ether oxygens (including phenoxy) is 2. The molecule has 5 nitrogen and oxygen atoms in total. The van der Waals surface area contributed by atoms with Crippen LogP contribution in [0.25, 0.3) is 0 Å². The summed E-state index contributed by atoms with van der Waals surface area (Å²) < 4.78 is 35.2. The van der Waals surface area contributed by atoms with Gasteiger partial charge in [0.2, 0.25) is 0 Å². The number of carbonyl (C=O) groups excluding carboxylic acids is 1. The first-order chi connectivity index (χ1) is 13.0. The zero-order chi connectivity index (χ0) is 19.4. The van der Waals surface area contributed by atoms with Crippen LogP contribution in [0.15, 0.2) is 55.1 Å². The highest BCUT2D eigenvalue weighted by molar-refractivity contribution is 6.01. The van der Waals surface area contributed by atoms with E-state index in [-0.39, 0.29) is 17.4 Å². The minimum atomic E-state index is -2.95. The first kappa shape index (κ1) is 18.7. The highest BCUT2D eigenvalue weighted by Gasteiger charge is 2.32. The number of carbonyl (C=O) groups is 1. The van der Waals surface area contributed by atoms with Crippen molar-refractivity contribution in [2.75, 3.05) is 18.5 Å². The second-order valence-corrected chi connectivity index (χ2v) is 5.86. The summed E-state index contributed by atoms with van der Waals surface area (Å²) in [5, 5.41) is 3.32. The Morgan fingerprint density at radius 1 is 1.26 bits per heavy atom. The Morgan fingerprint density at radius 2 is 2.04 bits per heavy atom. The summed E-state index contributed by atoms with van der Waals surface area (Å²) in [7, 11) is 0. The minimum absolute atomic E-state index is 0.0478. The van der Waals surface area contributed by atoms with Crippen LogP contribution in [-0.2, 0) is 0 Å². The molecular weight excluding hydrogens is 354 g/mol. The standard InChI is InChI=1S/C20H20F2N2O3/c1-3-11-24-18(23-15-8-6-5-7-14(15)19(24)25)13-9-10-16(27-20(21)22)17(12-13)26-4-2/h3,5-10,12,18,20,23H,1,4,11H2,2H3/t18-/m0/s1. The van der Waals surface area contributed by atoms with Gasteiger partial charge < -0.3 is 19.7 Å². The zero-order valence-electron chi connectivity index (χ0n) is 14.8. The molecule has 7 heteroatoms. The molecule has 0 saturated carbocycles. The number of alkyl halides is 2. The van der Waals surface area contributed by atoms with E-state index in [9.17, 15) is 13.6 Å². The number of halogens is 2. The maximum atomic E-state index is 12.9. The molecule has 1 aliphatic rings. The monoisotopic (exact) mass is 374 g/mol. The molecule has 0 aliphatic carbocycles. The molecule has 0 radical (unpaired) electrons. The van der Waals surface area contributed by atoms with Gasteiger partial charge in [0.05, 0.1) is 12.2 Å². The largest absolute Gasteiger partial charge is 0.490 e. The summed E-state index contributed by atoms with van der Waals surface area (Å²) in [4.78, 5) is 14.5. The Hall–Kier alpha value is -3.09. The zero-order valence-corrected chi connectivity index (χ0v) is 14.8. The third-order valence-electron chi connectivity index (χ3n) is 4.15. The number of fused-ring (bicyclic) bond motifs is 1. The summed E-state index contributed by atoms with van der Waals surface area (Å²) >= 11 is 0. The van der Waals surface area contributed by atoms with E-state index in [1.165, 1.54) is 6.07 Å². The second kappa shape index (κ2) is 8.07. The molecule has 0 bridgehead atoms. The number of anilines is 1. The van der Waals surface area contributed by atoms with Crippen molar-refractivity contribution in [3.05, 3.63) is 66.2 Å². The molecule has 2 aromatic rings. The molecule has 0 aromatic heterocycles. The second-order valence-electron chi connectivity index (χ2n) is 5.86. The van der Waals surface area contributed by atoms with Crippen molar-refractivity contribution in [1.82, 2.24) is 4.90 Å². The fourth-order valence-corrected chi connectivity index (χ4v) is 3.04. The number of amides is 1. The first-order valence-electron chi connectivity index (χ1n) is 8.54. The average molecular weight is 374 g/mol. The normalized spacial score (nSPS) is 15.9. The van der Waals surface area contributed by atoms with E-state index in [4.69, 9.17) is 4.74 Å². The number of benzene rings is 2. The predicted octanol–water partition coefficient (Wildman–Crippen LogP) is 4.44. The summed E-state index contributed by atoms with van der Waals surface area (Å²) in [6.07, 6.45) is 1.14. The minimum Gasteiger partial charge on any atom is -0.490 e. The molecule has 1 N–H and O–H groups in total. The van der Waals surface area contributed by atoms with E-state index in [2.05, 4.69) is 16.6 Å². The van der Waals surface area contributed by atoms with Crippen LogP contribution in [0.3, 0.4) is 0 Å². The van der Waals surface area contributed by atoms with Gasteiger partial charge >= 0.3 is 6.61 Å². The van der Waals surface area contributed by atoms with Gasteiger partial charge in [0.1, 0.15) is 6.17 Å². The van der Waals surface area contributed by atoms with Crippen LogP contribution < -0.4 is 14.8 Å². The number of rotatable bonds is 7. The molecule has 142 valence electrons. The number of hydrogen-bond donors (Lipinski definition) is 1. The van der Waals surface area contributed by atoms with E-state index < -0.39 is 12.8 Å². The summed E-state index contributed by atoms with van der Waals surface area (Å²) in [6.45, 7) is 3.13. The number of hydrogen-bond acceptors (Lipinski definition) is 4. The van der Waals surface area contributed by atoms with Crippen molar-refractivity contribution in [2.45, 2.75) is 19.7 Å². The molecule has 3 rings (SSSR count). The summed E-state index contributed by atoms with van der Waals surface area (Å²) in [5.41, 5.74) is 1.96. The molecule has 1 aliphatic heterocycles. The maximum absolute atomic E-state index is 12.9. The molecule has 0 spiro atoms. The van der Waals surface area contributed by atoms with Crippen molar-refractivity contribution in [3.63, 3.8) is 0 Å². The Morgan fingerprint density at radius 3 is 2.74 bits per heavy atom. The fraction of sp³-hybridized carbons (Fsp3) is 0.250. The van der Waals surface area contributed by atoms with Gasteiger partial charge in [0.15, 0.2) is 11.5 Å². The number of nitrogens with zero attached hydrogens (tertiary/aromatic N) is 1. The van der Waals surface area contributed by atoms with E-state index in [0.717, 1.165) is 0 Å². The third-order valence-corrected chi connectivity index (χ3v) is 4.15. The Labute approximate surface area is 156 Å². The predicted molar refractivity (Wildman–Crippen MR) is 98.3 cm³/mol. The SMILES string of the molecule is C=CCN1C(=O)c2ccccc2N[C@@H]1c1ccc(OC(F)F)c(OCC)c1. The number of nitrogens with one attached hydrogen (secondary N) is 1. The Bertz CT molecular complexity index is 842. The molecule has 27 heavy (non-hydrogen) atoms. The van der Waals surface area contributed by atoms with Gasteiger partial charge in [-0.25, -0.2) is 0 Å². The lowest BCUT2D eigenvalue weighted by Gasteiger charge is -2.37. The van der Waals surface area contributed by atoms with Crippen LogP contribution in [-0.4, -0.2) is 30.6 Å². The molecule has 1 atom stereocenters. The maximum Gasteiger partial charge on any atom is 0.387 e. The van der Waals surface area contributed by atoms with Gasteiger partial charge in [-0.2, -0.15) is 8.78 Å². The van der Waals surface area contributed by atoms with Gasteiger partial charge in [-0.3, -0.25) is 4.79 Å². The molecule has 1 heterocycles. The van der Waals surface area contributed by atoms with Crippen LogP contribution in [0.5, 0.6) is 11.5 Å². The van der Waals surface area contributed by atoms with Gasteiger partial charge in [-0.15, -0.1) is 6.58 Å². The van der Waals surface area contributed by atoms with Crippen LogP contribution in [0.1, 0.15) is 29.0 Å². The highest BCUT2D eigenvalue weighted by Crippen LogP contribution is 2.37. The quantitative estimate of drug-likeness (QED) is 0.728. The van der Waals surface area contributed by atoms with Crippen LogP contribution in [0.4, 0.5) is 14.5 Å². The van der Waals surface area contributed by atoms with E-state index in [1.54, 1.807) is 42.2 Å². The highest BCUT2D eigenvalue weighted by atomic mass is 19.3. The lowest BCUT2D eigenvalue weighted by atomic mass is 10.0. The topological polar surface area (TPSA) is 50.8 Å². The van der Waals surface area contributed by atoms with Crippen molar-refractivity contribution in [1.29, 1.82) is 0 Å². The van der Waals surface area contributed by atoms with Gasteiger partial charge in [0, 0.05) is 12.2 Å². The Balaban J connectivity index is 2.01. The molecule has 0 saturated heterocycles. The lowest BCUT2D eigenvalue weighted by Crippen LogP contribution is -2.43. The van der Waals surface area contributed by atoms with E-state index in [1.807, 2.05) is 12.1 Å². The van der Waals surface area contributed by atoms with Crippen LogP contribution in [0.2, 0.25) is 0 Å². The summed E-state index contributed by atoms with van der Waals surface area (Å²) in [6, 6.07) is 11.9. The molecule has 0 unspecified atom stereocenters. The molecule has 2 aromatic carbocycles. The van der Waals surface area contributed by atoms with E-state index in [0.29, 0.717) is 30.0 Å². The van der Waals surface area contributed by atoms with E-state index >= 15 is 0 Å². The fourth-order valence-electron chi connectivity index (χ4n) is 3.04.